The van der Waals surface area contributed by atoms with Gasteiger partial charge in [0.25, 0.3) is 0 Å². The van der Waals surface area contributed by atoms with Gasteiger partial charge in [-0.05, 0) is 31.0 Å². The largest absolute Gasteiger partial charge is 0.417 e. The highest BCUT2D eigenvalue weighted by molar-refractivity contribution is 7.89. The summed E-state index contributed by atoms with van der Waals surface area (Å²) in [5.41, 5.74) is -1.32. The number of rotatable bonds is 4. The van der Waals surface area contributed by atoms with Crippen LogP contribution in [0.1, 0.15) is 18.4 Å². The summed E-state index contributed by atoms with van der Waals surface area (Å²) in [6.07, 6.45) is -2.60. The van der Waals surface area contributed by atoms with Gasteiger partial charge in [-0.15, -0.1) is 11.3 Å². The van der Waals surface area contributed by atoms with Crippen LogP contribution < -0.4 is 5.32 Å². The van der Waals surface area contributed by atoms with Crippen molar-refractivity contribution in [3.8, 4) is 0 Å². The predicted octanol–water partition coefficient (Wildman–Crippen LogP) is 3.85. The molecule has 0 radical (unpaired) electrons. The van der Waals surface area contributed by atoms with Crippen LogP contribution in [0.3, 0.4) is 0 Å². The van der Waals surface area contributed by atoms with Crippen molar-refractivity contribution in [3.63, 3.8) is 0 Å². The first-order valence-electron chi connectivity index (χ1n) is 8.16. The number of alkyl halides is 3. The molecule has 1 aliphatic heterocycles. The topological polar surface area (TPSA) is 79.4 Å². The molecule has 1 amide bonds. The third-order valence-electron chi connectivity index (χ3n) is 4.28. The number of hydrogen-bond acceptors (Lipinski definition) is 5. The van der Waals surface area contributed by atoms with Crippen LogP contribution in [0.4, 0.5) is 18.3 Å². The van der Waals surface area contributed by atoms with E-state index in [4.69, 9.17) is 11.6 Å². The number of benzene rings is 1. The molecule has 1 aliphatic rings. The van der Waals surface area contributed by atoms with E-state index in [9.17, 15) is 26.4 Å². The van der Waals surface area contributed by atoms with E-state index in [1.54, 1.807) is 5.38 Å². The Morgan fingerprint density at radius 2 is 2.11 bits per heavy atom. The first-order valence-corrected chi connectivity index (χ1v) is 10.9. The molecule has 1 aromatic carbocycles. The van der Waals surface area contributed by atoms with Gasteiger partial charge in [0.1, 0.15) is 0 Å². The van der Waals surface area contributed by atoms with Gasteiger partial charge in [0, 0.05) is 29.7 Å². The Hall–Kier alpha value is -1.69. The molecule has 0 spiro atoms. The lowest BCUT2D eigenvalue weighted by atomic mass is 9.99. The number of halogens is 4. The molecule has 12 heteroatoms. The first kappa shape index (κ1) is 21.0. The second-order valence-corrected chi connectivity index (χ2v) is 9.40. The van der Waals surface area contributed by atoms with Gasteiger partial charge in [-0.1, -0.05) is 11.6 Å². The minimum atomic E-state index is -4.88. The highest BCUT2D eigenvalue weighted by atomic mass is 35.5. The zero-order chi connectivity index (χ0) is 20.5. The van der Waals surface area contributed by atoms with Gasteiger partial charge in [0.2, 0.25) is 15.9 Å². The number of anilines is 1. The molecule has 1 aromatic heterocycles. The molecular formula is C16H15ClF3N3O3S2. The number of nitrogens with one attached hydrogen (secondary N) is 1. The average molecular weight is 454 g/mol. The molecule has 1 unspecified atom stereocenters. The standard InChI is InChI=1S/C16H15ClF3N3O3S2/c17-11-3-4-13(12(8-11)16(18,19)20)28(25,26)23-6-1-2-10(9-23)14(24)22-15-21-5-7-27-15/h3-5,7-8,10H,1-2,6,9H2,(H,21,22,24). The van der Waals surface area contributed by atoms with Gasteiger partial charge in [-0.25, -0.2) is 13.4 Å². The summed E-state index contributed by atoms with van der Waals surface area (Å²) in [7, 11) is -4.46. The van der Waals surface area contributed by atoms with Gasteiger partial charge in [-0.2, -0.15) is 17.5 Å². The van der Waals surface area contributed by atoms with Crippen molar-refractivity contribution in [1.82, 2.24) is 9.29 Å². The van der Waals surface area contributed by atoms with E-state index < -0.39 is 38.5 Å². The highest BCUT2D eigenvalue weighted by Gasteiger charge is 2.41. The maximum absolute atomic E-state index is 13.3. The molecule has 0 saturated carbocycles. The van der Waals surface area contributed by atoms with Crippen LogP contribution in [0.5, 0.6) is 0 Å². The summed E-state index contributed by atoms with van der Waals surface area (Å²) in [6, 6.07) is 2.53. The van der Waals surface area contributed by atoms with Crippen LogP contribution in [-0.2, 0) is 21.0 Å². The number of sulfonamides is 1. The number of thiazole rings is 1. The Labute approximate surface area is 168 Å². The fourth-order valence-electron chi connectivity index (χ4n) is 2.96. The number of hydrogen-bond donors (Lipinski definition) is 1. The van der Waals surface area contributed by atoms with Crippen molar-refractivity contribution in [2.45, 2.75) is 23.9 Å². The fourth-order valence-corrected chi connectivity index (χ4v) is 5.38. The first-order chi connectivity index (χ1) is 13.1. The lowest BCUT2D eigenvalue weighted by Gasteiger charge is -2.31. The van der Waals surface area contributed by atoms with Gasteiger partial charge in [0.05, 0.1) is 16.4 Å². The van der Waals surface area contributed by atoms with Crippen LogP contribution in [-0.4, -0.2) is 36.7 Å². The molecule has 2 aromatic rings. The number of nitrogens with zero attached hydrogens (tertiary/aromatic N) is 2. The summed E-state index contributed by atoms with van der Waals surface area (Å²) in [6.45, 7) is -0.178. The normalized spacial score (nSPS) is 18.8. The predicted molar refractivity (Wildman–Crippen MR) is 98.7 cm³/mol. The van der Waals surface area contributed by atoms with Crippen molar-refractivity contribution >= 4 is 44.0 Å². The van der Waals surface area contributed by atoms with Crippen LogP contribution in [0, 0.1) is 5.92 Å². The van der Waals surface area contributed by atoms with Crippen LogP contribution in [0.25, 0.3) is 0 Å². The number of carbonyl (C=O) groups excluding carboxylic acids is 1. The molecule has 1 N–H and O–H groups in total. The smallest absolute Gasteiger partial charge is 0.302 e. The zero-order valence-electron chi connectivity index (χ0n) is 14.2. The van der Waals surface area contributed by atoms with Crippen molar-refractivity contribution in [1.29, 1.82) is 0 Å². The van der Waals surface area contributed by atoms with E-state index >= 15 is 0 Å². The van der Waals surface area contributed by atoms with E-state index in [0.717, 1.165) is 16.4 Å². The number of amides is 1. The van der Waals surface area contributed by atoms with E-state index in [1.165, 1.54) is 17.5 Å². The molecule has 152 valence electrons. The molecule has 0 bridgehead atoms. The maximum Gasteiger partial charge on any atom is 0.417 e. The summed E-state index contributed by atoms with van der Waals surface area (Å²) in [5, 5.41) is 4.43. The quantitative estimate of drug-likeness (QED) is 0.762. The third-order valence-corrected chi connectivity index (χ3v) is 7.13. The average Bonchev–Trinajstić information content (AvgIpc) is 3.14. The molecule has 1 saturated heterocycles. The van der Waals surface area contributed by atoms with Crippen LogP contribution in [0.15, 0.2) is 34.7 Å². The zero-order valence-corrected chi connectivity index (χ0v) is 16.6. The van der Waals surface area contributed by atoms with Crippen molar-refractivity contribution in [2.24, 2.45) is 5.92 Å². The Morgan fingerprint density at radius 3 is 2.75 bits per heavy atom. The monoisotopic (exact) mass is 453 g/mol. The van der Waals surface area contributed by atoms with Crippen molar-refractivity contribution in [3.05, 3.63) is 40.4 Å². The second kappa shape index (κ2) is 7.97. The number of piperidine rings is 1. The summed E-state index contributed by atoms with van der Waals surface area (Å²) in [4.78, 5) is 15.4. The van der Waals surface area contributed by atoms with Gasteiger partial charge in [0.15, 0.2) is 5.13 Å². The molecule has 1 fully saturated rings. The van der Waals surface area contributed by atoms with E-state index in [0.29, 0.717) is 24.0 Å². The lowest BCUT2D eigenvalue weighted by molar-refractivity contribution is -0.140. The van der Waals surface area contributed by atoms with Gasteiger partial charge >= 0.3 is 6.18 Å². The molecule has 0 aliphatic carbocycles. The molecule has 28 heavy (non-hydrogen) atoms. The molecule has 2 heterocycles. The second-order valence-electron chi connectivity index (χ2n) is 6.17. The van der Waals surface area contributed by atoms with Crippen molar-refractivity contribution < 1.29 is 26.4 Å². The summed E-state index contributed by atoms with van der Waals surface area (Å²) in [5.74, 6) is -1.10. The Morgan fingerprint density at radius 1 is 1.36 bits per heavy atom. The van der Waals surface area contributed by atoms with E-state index in [1.807, 2.05) is 0 Å². The Bertz CT molecular complexity index is 965. The number of aromatic nitrogens is 1. The third kappa shape index (κ3) is 4.48. The van der Waals surface area contributed by atoms with Crippen molar-refractivity contribution in [2.75, 3.05) is 18.4 Å². The summed E-state index contributed by atoms with van der Waals surface area (Å²) < 4.78 is 66.7. The lowest BCUT2D eigenvalue weighted by Crippen LogP contribution is -2.44. The van der Waals surface area contributed by atoms with E-state index in [2.05, 4.69) is 10.3 Å². The fraction of sp³-hybridized carbons (Fsp3) is 0.375. The van der Waals surface area contributed by atoms with E-state index in [-0.39, 0.29) is 18.1 Å². The van der Waals surface area contributed by atoms with Gasteiger partial charge < -0.3 is 5.32 Å². The maximum atomic E-state index is 13.3. The molecule has 3 rings (SSSR count). The molecular weight excluding hydrogens is 439 g/mol. The van der Waals surface area contributed by atoms with Crippen LogP contribution in [0.2, 0.25) is 5.02 Å². The minimum absolute atomic E-state index is 0.0310. The molecule has 1 atom stereocenters. The molecule has 6 nitrogen and oxygen atoms in total. The highest BCUT2D eigenvalue weighted by Crippen LogP contribution is 2.37. The number of carbonyl (C=O) groups is 1. The Kier molecular flexibility index (Phi) is 5.99. The summed E-state index contributed by atoms with van der Waals surface area (Å²) >= 11 is 6.84. The SMILES string of the molecule is O=C(Nc1nccs1)C1CCCN(S(=O)(=O)c2ccc(Cl)cc2C(F)(F)F)C1. The Balaban J connectivity index is 1.85. The minimum Gasteiger partial charge on any atom is -0.302 e. The van der Waals surface area contributed by atoms with Gasteiger partial charge in [-0.3, -0.25) is 4.79 Å². The van der Waals surface area contributed by atoms with Crippen LogP contribution >= 0.6 is 22.9 Å².